The molecule has 0 aromatic rings. The third kappa shape index (κ3) is 1.65. The van der Waals surface area contributed by atoms with Crippen molar-refractivity contribution in [1.29, 1.82) is 0 Å². The van der Waals surface area contributed by atoms with Gasteiger partial charge in [0.1, 0.15) is 17.6 Å². The number of nitrogens with two attached hydrogens (primary N) is 1. The fourth-order valence-electron chi connectivity index (χ4n) is 4.38. The Hall–Kier alpha value is -1.06. The minimum absolute atomic E-state index is 0.0176. The monoisotopic (exact) mass is 249 g/mol. The highest BCUT2D eigenvalue weighted by Gasteiger charge is 2.53. The summed E-state index contributed by atoms with van der Waals surface area (Å²) in [6, 6.07) is -0.108. The molecule has 0 spiro atoms. The van der Waals surface area contributed by atoms with Crippen molar-refractivity contribution in [1.82, 2.24) is 0 Å². The summed E-state index contributed by atoms with van der Waals surface area (Å²) in [5.41, 5.74) is 5.45. The predicted molar refractivity (Wildman–Crippen MR) is 64.4 cm³/mol. The Labute approximate surface area is 107 Å². The van der Waals surface area contributed by atoms with E-state index in [4.69, 9.17) is 5.53 Å². The van der Waals surface area contributed by atoms with Gasteiger partial charge in [-0.15, -0.1) is 0 Å². The van der Waals surface area contributed by atoms with Crippen LogP contribution in [-0.2, 0) is 9.59 Å². The number of Topliss-reactive ketones (excluding diaryl/α,β-unsaturated/α-hetero) is 2. The minimum atomic E-state index is -0.199. The number of rotatable bonds is 1. The number of nitrogens with zero attached hydrogens (tertiary/aromatic N) is 1. The maximum Gasteiger partial charge on any atom is 0.142 e. The summed E-state index contributed by atoms with van der Waals surface area (Å²) in [6.07, 6.45) is 6.71. The molecule has 0 heterocycles. The first kappa shape index (κ1) is 12.0. The Kier molecular flexibility index (Phi) is 3.04. The third-order valence-corrected chi connectivity index (χ3v) is 5.25. The van der Waals surface area contributed by atoms with E-state index in [0.29, 0.717) is 11.6 Å². The first-order valence-corrected chi connectivity index (χ1v) is 7.21. The topological polar surface area (TPSA) is 72.1 Å². The Balaban J connectivity index is 1.93. The normalized spacial score (nSPS) is 44.1. The Morgan fingerprint density at radius 3 is 2.11 bits per heavy atom. The van der Waals surface area contributed by atoms with Gasteiger partial charge in [0.05, 0.1) is 5.92 Å². The summed E-state index contributed by atoms with van der Waals surface area (Å²) in [4.78, 5) is 25.2. The van der Waals surface area contributed by atoms with Gasteiger partial charge in [-0.05, 0) is 30.8 Å². The van der Waals surface area contributed by atoms with Crippen LogP contribution in [0.25, 0.3) is 0 Å². The third-order valence-electron chi connectivity index (χ3n) is 5.25. The Morgan fingerprint density at radius 2 is 1.44 bits per heavy atom. The molecule has 4 heteroatoms. The zero-order chi connectivity index (χ0) is 12.7. The second kappa shape index (κ2) is 4.56. The van der Waals surface area contributed by atoms with Crippen LogP contribution < -0.4 is 5.53 Å². The Morgan fingerprint density at radius 1 is 0.833 bits per heavy atom. The lowest BCUT2D eigenvalue weighted by Crippen LogP contribution is -2.54. The van der Waals surface area contributed by atoms with Gasteiger partial charge in [0.25, 0.3) is 0 Å². The molecular weight excluding hydrogens is 228 g/mol. The largest absolute Gasteiger partial charge is 0.299 e. The molecule has 0 aromatic heterocycles. The molecule has 0 amide bonds. The van der Waals surface area contributed by atoms with Gasteiger partial charge in [0.15, 0.2) is 0 Å². The number of fused-ring (bicyclic) bond motifs is 2. The van der Waals surface area contributed by atoms with Crippen molar-refractivity contribution in [3.63, 3.8) is 0 Å². The number of hydrogen-bond donors (Lipinski definition) is 1. The van der Waals surface area contributed by atoms with E-state index in [1.807, 2.05) is 0 Å². The first-order chi connectivity index (χ1) is 8.74. The summed E-state index contributed by atoms with van der Waals surface area (Å²) in [5, 5.41) is 3.88. The lowest BCUT2D eigenvalue weighted by atomic mass is 9.57. The second-order valence-corrected chi connectivity index (χ2v) is 6.08. The molecule has 18 heavy (non-hydrogen) atoms. The second-order valence-electron chi connectivity index (χ2n) is 6.08. The van der Waals surface area contributed by atoms with Crippen molar-refractivity contribution in [2.75, 3.05) is 0 Å². The molecule has 5 unspecified atom stereocenters. The first-order valence-electron chi connectivity index (χ1n) is 7.21. The molecule has 0 bridgehead atoms. The van der Waals surface area contributed by atoms with Crippen LogP contribution in [-0.4, -0.2) is 17.6 Å². The van der Waals surface area contributed by atoms with Gasteiger partial charge in [-0.2, -0.15) is 5.53 Å². The fraction of sp³-hybridized carbons (Fsp3) is 0.857. The van der Waals surface area contributed by atoms with Gasteiger partial charge < -0.3 is 0 Å². The number of carbonyl (C=O) groups is 2. The van der Waals surface area contributed by atoms with Crippen LogP contribution in [0.15, 0.2) is 5.11 Å². The van der Waals surface area contributed by atoms with Gasteiger partial charge in [-0.1, -0.05) is 19.3 Å². The standard InChI is InChI=1S/C14H20N2O2/c15-16-11-7-3-6-10-12(11)14(18)9-5-2-1-4-8(9)13(10)17/h8-12,15H,1-7H2/p+1. The lowest BCUT2D eigenvalue weighted by Gasteiger charge is -2.44. The van der Waals surface area contributed by atoms with E-state index in [2.05, 4.69) is 5.11 Å². The van der Waals surface area contributed by atoms with Crippen molar-refractivity contribution < 1.29 is 15.1 Å². The van der Waals surface area contributed by atoms with Crippen LogP contribution in [0.3, 0.4) is 0 Å². The van der Waals surface area contributed by atoms with Crippen LogP contribution in [0.1, 0.15) is 44.9 Å². The summed E-state index contributed by atoms with van der Waals surface area (Å²) < 4.78 is 0. The molecule has 3 aliphatic carbocycles. The molecule has 3 saturated carbocycles. The van der Waals surface area contributed by atoms with E-state index < -0.39 is 0 Å². The van der Waals surface area contributed by atoms with Crippen LogP contribution in [0.5, 0.6) is 0 Å². The SMILES string of the molecule is [NH2+]=NC1CCCC2C(=O)C3CCCCC3C(=O)C12. The smallest absolute Gasteiger partial charge is 0.142 e. The zero-order valence-electron chi connectivity index (χ0n) is 10.7. The van der Waals surface area contributed by atoms with Gasteiger partial charge in [0.2, 0.25) is 0 Å². The highest BCUT2D eigenvalue weighted by Crippen LogP contribution is 2.46. The van der Waals surface area contributed by atoms with Gasteiger partial charge in [0, 0.05) is 17.8 Å². The van der Waals surface area contributed by atoms with Crippen LogP contribution in [0.2, 0.25) is 0 Å². The molecule has 3 rings (SSSR count). The highest BCUT2D eigenvalue weighted by atomic mass is 16.1. The summed E-state index contributed by atoms with van der Waals surface area (Å²) >= 11 is 0. The maximum absolute atomic E-state index is 12.6. The van der Waals surface area contributed by atoms with E-state index in [-0.39, 0.29) is 29.7 Å². The molecule has 0 radical (unpaired) electrons. The van der Waals surface area contributed by atoms with Crippen molar-refractivity contribution in [2.45, 2.75) is 51.0 Å². The molecule has 3 aliphatic rings. The van der Waals surface area contributed by atoms with Crippen molar-refractivity contribution in [2.24, 2.45) is 28.8 Å². The van der Waals surface area contributed by atoms with Crippen LogP contribution >= 0.6 is 0 Å². The fourth-order valence-corrected chi connectivity index (χ4v) is 4.38. The predicted octanol–water partition coefficient (Wildman–Crippen LogP) is 0.941. The number of carbonyl (C=O) groups excluding carboxylic acids is 2. The van der Waals surface area contributed by atoms with Gasteiger partial charge in [-0.25, -0.2) is 0 Å². The highest BCUT2D eigenvalue weighted by molar-refractivity contribution is 6.00. The Bertz CT molecular complexity index is 393. The van der Waals surface area contributed by atoms with E-state index in [1.165, 1.54) is 0 Å². The summed E-state index contributed by atoms with van der Waals surface area (Å²) in [5.74, 6) is 0.359. The summed E-state index contributed by atoms with van der Waals surface area (Å²) in [6.45, 7) is 0. The molecule has 3 fully saturated rings. The zero-order valence-corrected chi connectivity index (χ0v) is 10.7. The van der Waals surface area contributed by atoms with Crippen molar-refractivity contribution in [3.05, 3.63) is 0 Å². The molecule has 0 aliphatic heterocycles. The molecule has 4 nitrogen and oxygen atoms in total. The molecule has 0 saturated heterocycles. The van der Waals surface area contributed by atoms with Crippen LogP contribution in [0, 0.1) is 23.7 Å². The van der Waals surface area contributed by atoms with Crippen molar-refractivity contribution >= 4 is 11.6 Å². The quantitative estimate of drug-likeness (QED) is 0.702. The lowest BCUT2D eigenvalue weighted by molar-refractivity contribution is -0.234. The molecular formula is C14H21N2O2+. The van der Waals surface area contributed by atoms with E-state index in [9.17, 15) is 9.59 Å². The van der Waals surface area contributed by atoms with E-state index >= 15 is 0 Å². The average Bonchev–Trinajstić information content (AvgIpc) is 2.44. The average molecular weight is 249 g/mol. The molecule has 0 aromatic carbocycles. The van der Waals surface area contributed by atoms with Gasteiger partial charge >= 0.3 is 0 Å². The van der Waals surface area contributed by atoms with E-state index in [0.717, 1.165) is 44.9 Å². The van der Waals surface area contributed by atoms with E-state index in [1.54, 1.807) is 0 Å². The van der Waals surface area contributed by atoms with Gasteiger partial charge in [-0.3, -0.25) is 9.59 Å². The maximum atomic E-state index is 12.6. The molecule has 2 N–H and O–H groups in total. The molecule has 5 atom stereocenters. The van der Waals surface area contributed by atoms with Crippen LogP contribution in [0.4, 0.5) is 0 Å². The molecule has 98 valence electrons. The number of ketones is 2. The van der Waals surface area contributed by atoms with Crippen molar-refractivity contribution in [3.8, 4) is 0 Å². The number of hydrogen-bond acceptors (Lipinski definition) is 3. The summed E-state index contributed by atoms with van der Waals surface area (Å²) in [7, 11) is 0. The minimum Gasteiger partial charge on any atom is -0.299 e.